The quantitative estimate of drug-likeness (QED) is 0.403. The molecule has 0 saturated heterocycles. The molecule has 0 radical (unpaired) electrons. The first kappa shape index (κ1) is 13.8. The molecule has 2 nitrogen and oxygen atoms in total. The van der Waals surface area contributed by atoms with Crippen LogP contribution in [0, 0.1) is 0 Å². The third-order valence-corrected chi connectivity index (χ3v) is 2.42. The van der Waals surface area contributed by atoms with Gasteiger partial charge in [0.1, 0.15) is 6.10 Å². The largest absolute Gasteiger partial charge is 0.462 e. The predicted octanol–water partition coefficient (Wildman–Crippen LogP) is 3.21. The Balaban J connectivity index is 3.73. The molecule has 0 saturated carbocycles. The van der Waals surface area contributed by atoms with Crippen LogP contribution in [0.2, 0.25) is 0 Å². The molecule has 0 aliphatic heterocycles. The molecule has 0 spiro atoms. The molecule has 0 bridgehead atoms. The zero-order valence-electron chi connectivity index (χ0n) is 9.45. The van der Waals surface area contributed by atoms with Gasteiger partial charge in [-0.2, -0.15) is 12.6 Å². The van der Waals surface area contributed by atoms with Gasteiger partial charge in [0.25, 0.3) is 0 Å². The first-order valence-electron chi connectivity index (χ1n) is 5.50. The van der Waals surface area contributed by atoms with E-state index in [2.05, 4.69) is 19.6 Å². The second-order valence-corrected chi connectivity index (χ2v) is 4.41. The van der Waals surface area contributed by atoms with Crippen molar-refractivity contribution >= 4 is 18.6 Å². The predicted molar refractivity (Wildman–Crippen MR) is 62.8 cm³/mol. The van der Waals surface area contributed by atoms with Crippen LogP contribution >= 0.6 is 12.6 Å². The smallest absolute Gasteiger partial charge is 0.318 e. The Labute approximate surface area is 92.8 Å². The van der Waals surface area contributed by atoms with E-state index in [1.54, 1.807) is 6.92 Å². The van der Waals surface area contributed by atoms with Crippen LogP contribution in [-0.2, 0) is 9.53 Å². The Kier molecular flexibility index (Phi) is 8.05. The lowest BCUT2D eigenvalue weighted by atomic mass is 10.1. The Morgan fingerprint density at radius 1 is 1.36 bits per heavy atom. The molecule has 0 N–H and O–H groups in total. The van der Waals surface area contributed by atoms with Crippen molar-refractivity contribution in [3.8, 4) is 0 Å². The molecular formula is C11H22O2S. The summed E-state index contributed by atoms with van der Waals surface area (Å²) in [5.41, 5.74) is 0. The Morgan fingerprint density at radius 2 is 2.00 bits per heavy atom. The van der Waals surface area contributed by atoms with Crippen molar-refractivity contribution in [3.63, 3.8) is 0 Å². The van der Waals surface area contributed by atoms with E-state index in [-0.39, 0.29) is 17.3 Å². The van der Waals surface area contributed by atoms with E-state index >= 15 is 0 Å². The molecule has 0 aliphatic rings. The maximum Gasteiger partial charge on any atom is 0.318 e. The standard InChI is InChI=1S/C11H22O2S/c1-4-6-7-8-10(5-2)13-11(12)9(3)14/h9-10,14H,4-8H2,1-3H3. The summed E-state index contributed by atoms with van der Waals surface area (Å²) in [4.78, 5) is 11.2. The number of carbonyl (C=O) groups is 1. The molecule has 0 aromatic carbocycles. The normalized spacial score (nSPS) is 14.9. The Hall–Kier alpha value is -0.180. The van der Waals surface area contributed by atoms with E-state index in [1.807, 2.05) is 6.92 Å². The second kappa shape index (κ2) is 8.16. The monoisotopic (exact) mass is 218 g/mol. The van der Waals surface area contributed by atoms with Gasteiger partial charge in [0, 0.05) is 0 Å². The Bertz CT molecular complexity index is 157. The molecule has 0 aromatic rings. The lowest BCUT2D eigenvalue weighted by Crippen LogP contribution is -2.22. The van der Waals surface area contributed by atoms with Crippen molar-refractivity contribution in [1.29, 1.82) is 0 Å². The molecular weight excluding hydrogens is 196 g/mol. The minimum absolute atomic E-state index is 0.0867. The maximum absolute atomic E-state index is 11.2. The van der Waals surface area contributed by atoms with Crippen LogP contribution in [-0.4, -0.2) is 17.3 Å². The van der Waals surface area contributed by atoms with Crippen LogP contribution in [0.25, 0.3) is 0 Å². The average molecular weight is 218 g/mol. The second-order valence-electron chi connectivity index (χ2n) is 3.64. The number of unbranched alkanes of at least 4 members (excludes halogenated alkanes) is 2. The van der Waals surface area contributed by atoms with Crippen LogP contribution in [0.5, 0.6) is 0 Å². The Morgan fingerprint density at radius 3 is 2.43 bits per heavy atom. The fourth-order valence-electron chi connectivity index (χ4n) is 1.23. The highest BCUT2D eigenvalue weighted by Gasteiger charge is 2.15. The maximum atomic E-state index is 11.2. The average Bonchev–Trinajstić information content (AvgIpc) is 2.16. The van der Waals surface area contributed by atoms with E-state index in [1.165, 1.54) is 12.8 Å². The fraction of sp³-hybridized carbons (Fsp3) is 0.909. The summed E-state index contributed by atoms with van der Waals surface area (Å²) in [5.74, 6) is -0.198. The number of esters is 1. The third kappa shape index (κ3) is 6.30. The minimum Gasteiger partial charge on any atom is -0.462 e. The highest BCUT2D eigenvalue weighted by Crippen LogP contribution is 2.11. The van der Waals surface area contributed by atoms with E-state index in [0.717, 1.165) is 19.3 Å². The lowest BCUT2D eigenvalue weighted by molar-refractivity contribution is -0.148. The molecule has 0 amide bonds. The highest BCUT2D eigenvalue weighted by molar-refractivity contribution is 7.81. The van der Waals surface area contributed by atoms with E-state index < -0.39 is 0 Å². The van der Waals surface area contributed by atoms with Crippen molar-refractivity contribution in [3.05, 3.63) is 0 Å². The molecule has 0 rings (SSSR count). The van der Waals surface area contributed by atoms with Crippen molar-refractivity contribution in [2.45, 2.75) is 64.2 Å². The summed E-state index contributed by atoms with van der Waals surface area (Å²) in [7, 11) is 0. The van der Waals surface area contributed by atoms with Gasteiger partial charge in [-0.05, 0) is 26.2 Å². The third-order valence-electron chi connectivity index (χ3n) is 2.21. The molecule has 0 fully saturated rings. The van der Waals surface area contributed by atoms with Gasteiger partial charge >= 0.3 is 5.97 Å². The number of ether oxygens (including phenoxy) is 1. The van der Waals surface area contributed by atoms with Crippen molar-refractivity contribution in [2.75, 3.05) is 0 Å². The van der Waals surface area contributed by atoms with Crippen molar-refractivity contribution in [2.24, 2.45) is 0 Å². The fourth-order valence-corrected chi connectivity index (χ4v) is 1.29. The van der Waals surface area contributed by atoms with E-state index in [0.29, 0.717) is 0 Å². The lowest BCUT2D eigenvalue weighted by Gasteiger charge is -2.17. The molecule has 14 heavy (non-hydrogen) atoms. The molecule has 0 aliphatic carbocycles. The van der Waals surface area contributed by atoms with Crippen molar-refractivity contribution in [1.82, 2.24) is 0 Å². The summed E-state index contributed by atoms with van der Waals surface area (Å²) in [6.07, 6.45) is 5.52. The molecule has 84 valence electrons. The summed E-state index contributed by atoms with van der Waals surface area (Å²) >= 11 is 4.04. The number of thiol groups is 1. The van der Waals surface area contributed by atoms with Gasteiger partial charge in [0.15, 0.2) is 0 Å². The van der Waals surface area contributed by atoms with Crippen LogP contribution in [0.3, 0.4) is 0 Å². The molecule has 2 unspecified atom stereocenters. The number of hydrogen-bond donors (Lipinski definition) is 1. The summed E-state index contributed by atoms with van der Waals surface area (Å²) < 4.78 is 5.29. The molecule has 0 aromatic heterocycles. The SMILES string of the molecule is CCCCCC(CC)OC(=O)C(C)S. The van der Waals surface area contributed by atoms with Gasteiger partial charge in [-0.1, -0.05) is 26.7 Å². The van der Waals surface area contributed by atoms with Gasteiger partial charge in [0.2, 0.25) is 0 Å². The van der Waals surface area contributed by atoms with Gasteiger partial charge in [-0.3, -0.25) is 4.79 Å². The minimum atomic E-state index is -0.310. The topological polar surface area (TPSA) is 26.3 Å². The summed E-state index contributed by atoms with van der Waals surface area (Å²) in [6, 6.07) is 0. The summed E-state index contributed by atoms with van der Waals surface area (Å²) in [5, 5.41) is -0.310. The van der Waals surface area contributed by atoms with Gasteiger partial charge < -0.3 is 4.74 Å². The zero-order chi connectivity index (χ0) is 11.0. The van der Waals surface area contributed by atoms with Gasteiger partial charge in [-0.25, -0.2) is 0 Å². The summed E-state index contributed by atoms with van der Waals surface area (Å²) in [6.45, 7) is 5.96. The van der Waals surface area contributed by atoms with Crippen LogP contribution < -0.4 is 0 Å². The van der Waals surface area contributed by atoms with E-state index in [9.17, 15) is 4.79 Å². The van der Waals surface area contributed by atoms with Crippen molar-refractivity contribution < 1.29 is 9.53 Å². The number of rotatable bonds is 7. The number of carbonyl (C=O) groups excluding carboxylic acids is 1. The van der Waals surface area contributed by atoms with Crippen LogP contribution in [0.15, 0.2) is 0 Å². The molecule has 0 heterocycles. The van der Waals surface area contributed by atoms with Crippen LogP contribution in [0.4, 0.5) is 0 Å². The molecule has 3 heteroatoms. The molecule has 2 atom stereocenters. The first-order valence-corrected chi connectivity index (χ1v) is 6.02. The zero-order valence-corrected chi connectivity index (χ0v) is 10.3. The van der Waals surface area contributed by atoms with E-state index in [4.69, 9.17) is 4.74 Å². The van der Waals surface area contributed by atoms with Gasteiger partial charge in [-0.15, -0.1) is 0 Å². The highest BCUT2D eigenvalue weighted by atomic mass is 32.1. The number of hydrogen-bond acceptors (Lipinski definition) is 3. The van der Waals surface area contributed by atoms with Crippen LogP contribution in [0.1, 0.15) is 52.9 Å². The van der Waals surface area contributed by atoms with Gasteiger partial charge in [0.05, 0.1) is 5.25 Å². The first-order chi connectivity index (χ1) is 6.61.